The summed E-state index contributed by atoms with van der Waals surface area (Å²) in [6, 6.07) is 16.5. The Balaban J connectivity index is 1.33. The van der Waals surface area contributed by atoms with Crippen LogP contribution in [0.3, 0.4) is 0 Å². The highest BCUT2D eigenvalue weighted by Gasteiger charge is 2.28. The van der Waals surface area contributed by atoms with Crippen LogP contribution in [0.2, 0.25) is 5.02 Å². The van der Waals surface area contributed by atoms with Crippen LogP contribution in [-0.4, -0.2) is 58.8 Å². The third-order valence-electron chi connectivity index (χ3n) is 5.40. The molecular formula is C22H23ClN4O2. The van der Waals surface area contributed by atoms with Crippen molar-refractivity contribution in [2.75, 3.05) is 31.5 Å². The molecule has 0 radical (unpaired) electrons. The number of fused-ring (bicyclic) bond motifs is 1. The van der Waals surface area contributed by atoms with Crippen molar-refractivity contribution in [2.45, 2.75) is 13.0 Å². The molecule has 0 bridgehead atoms. The molecule has 2 heterocycles. The second-order valence-corrected chi connectivity index (χ2v) is 7.71. The van der Waals surface area contributed by atoms with Crippen molar-refractivity contribution in [3.63, 3.8) is 0 Å². The van der Waals surface area contributed by atoms with Gasteiger partial charge in [-0.05, 0) is 43.3 Å². The average Bonchev–Trinajstić information content (AvgIpc) is 3.18. The Morgan fingerprint density at radius 3 is 2.41 bits per heavy atom. The monoisotopic (exact) mass is 410 g/mol. The molecule has 1 saturated heterocycles. The average molecular weight is 411 g/mol. The molecule has 2 amide bonds. The number of aromatic nitrogens is 1. The molecule has 6 nitrogen and oxygen atoms in total. The zero-order chi connectivity index (χ0) is 20.4. The highest BCUT2D eigenvalue weighted by molar-refractivity contribution is 6.30. The molecule has 1 unspecified atom stereocenters. The first-order valence-electron chi connectivity index (χ1n) is 9.69. The lowest BCUT2D eigenvalue weighted by Crippen LogP contribution is -2.54. The molecule has 2 aromatic carbocycles. The Labute approximate surface area is 174 Å². The molecule has 0 saturated carbocycles. The van der Waals surface area contributed by atoms with E-state index in [9.17, 15) is 9.59 Å². The normalized spacial score (nSPS) is 16.0. The molecular weight excluding hydrogens is 388 g/mol. The number of hydrogen-bond acceptors (Lipinski definition) is 3. The number of nitrogens with zero attached hydrogens (tertiary/aromatic N) is 2. The van der Waals surface area contributed by atoms with Gasteiger partial charge in [-0.3, -0.25) is 14.5 Å². The van der Waals surface area contributed by atoms with E-state index in [-0.39, 0.29) is 17.9 Å². The number of piperazine rings is 1. The zero-order valence-electron chi connectivity index (χ0n) is 16.2. The first kappa shape index (κ1) is 19.5. The van der Waals surface area contributed by atoms with Gasteiger partial charge in [-0.1, -0.05) is 29.8 Å². The largest absolute Gasteiger partial charge is 0.351 e. The van der Waals surface area contributed by atoms with Crippen LogP contribution >= 0.6 is 11.6 Å². The van der Waals surface area contributed by atoms with Gasteiger partial charge >= 0.3 is 0 Å². The number of rotatable bonds is 4. The van der Waals surface area contributed by atoms with Crippen molar-refractivity contribution in [3.8, 4) is 0 Å². The zero-order valence-corrected chi connectivity index (χ0v) is 16.9. The fraction of sp³-hybridized carbons (Fsp3) is 0.273. The van der Waals surface area contributed by atoms with E-state index in [4.69, 9.17) is 11.6 Å². The second-order valence-electron chi connectivity index (χ2n) is 7.27. The van der Waals surface area contributed by atoms with Gasteiger partial charge in [-0.2, -0.15) is 0 Å². The molecule has 4 rings (SSSR count). The lowest BCUT2D eigenvalue weighted by Gasteiger charge is -2.37. The number of para-hydroxylation sites is 1. The Morgan fingerprint density at radius 2 is 1.72 bits per heavy atom. The summed E-state index contributed by atoms with van der Waals surface area (Å²) in [5, 5.41) is 4.58. The number of anilines is 1. The Hall–Kier alpha value is -2.83. The lowest BCUT2D eigenvalue weighted by molar-refractivity contribution is -0.121. The van der Waals surface area contributed by atoms with Gasteiger partial charge in [0.05, 0.1) is 6.04 Å². The molecule has 29 heavy (non-hydrogen) atoms. The molecule has 3 aromatic rings. The van der Waals surface area contributed by atoms with Crippen LogP contribution in [0.4, 0.5) is 5.69 Å². The molecule has 7 heteroatoms. The van der Waals surface area contributed by atoms with E-state index in [1.807, 2.05) is 42.2 Å². The summed E-state index contributed by atoms with van der Waals surface area (Å²) in [6.07, 6.45) is 0. The van der Waals surface area contributed by atoms with Gasteiger partial charge < -0.3 is 15.2 Å². The van der Waals surface area contributed by atoms with E-state index in [1.165, 1.54) is 0 Å². The number of carbonyl (C=O) groups is 2. The van der Waals surface area contributed by atoms with Crippen molar-refractivity contribution >= 4 is 40.0 Å². The van der Waals surface area contributed by atoms with Crippen LogP contribution in [0.15, 0.2) is 54.6 Å². The van der Waals surface area contributed by atoms with Gasteiger partial charge in [0.25, 0.3) is 5.91 Å². The van der Waals surface area contributed by atoms with E-state index in [0.717, 1.165) is 16.6 Å². The van der Waals surface area contributed by atoms with Gasteiger partial charge in [-0.25, -0.2) is 0 Å². The van der Waals surface area contributed by atoms with Crippen LogP contribution in [0.1, 0.15) is 17.4 Å². The molecule has 2 N–H and O–H groups in total. The molecule has 150 valence electrons. The number of hydrogen-bond donors (Lipinski definition) is 2. The van der Waals surface area contributed by atoms with Crippen LogP contribution in [-0.2, 0) is 4.79 Å². The summed E-state index contributed by atoms with van der Waals surface area (Å²) in [5.74, 6) is -0.0677. The third-order valence-corrected chi connectivity index (χ3v) is 5.65. The molecule has 0 spiro atoms. The SMILES string of the molecule is CC(C(=O)Nc1ccc(Cl)cc1)N1CCN(C(=O)c2cc3ccccc3[nH]2)CC1. The summed E-state index contributed by atoms with van der Waals surface area (Å²) in [7, 11) is 0. The van der Waals surface area contributed by atoms with E-state index < -0.39 is 0 Å². The molecule has 1 fully saturated rings. The topological polar surface area (TPSA) is 68.4 Å². The predicted octanol–water partition coefficient (Wildman–Crippen LogP) is 3.61. The van der Waals surface area contributed by atoms with Gasteiger partial charge in [-0.15, -0.1) is 0 Å². The first-order chi connectivity index (χ1) is 14.0. The van der Waals surface area contributed by atoms with Crippen LogP contribution in [0.5, 0.6) is 0 Å². The highest BCUT2D eigenvalue weighted by atomic mass is 35.5. The van der Waals surface area contributed by atoms with Crippen molar-refractivity contribution in [1.82, 2.24) is 14.8 Å². The fourth-order valence-corrected chi connectivity index (χ4v) is 3.74. The van der Waals surface area contributed by atoms with E-state index in [0.29, 0.717) is 36.9 Å². The number of benzene rings is 2. The van der Waals surface area contributed by atoms with Gasteiger partial charge in [0.2, 0.25) is 5.91 Å². The lowest BCUT2D eigenvalue weighted by atomic mass is 10.2. The van der Waals surface area contributed by atoms with Crippen molar-refractivity contribution < 1.29 is 9.59 Å². The van der Waals surface area contributed by atoms with Crippen molar-refractivity contribution in [3.05, 3.63) is 65.3 Å². The quantitative estimate of drug-likeness (QED) is 0.690. The maximum absolute atomic E-state index is 12.8. The number of halogens is 1. The second kappa shape index (κ2) is 8.27. The van der Waals surface area contributed by atoms with E-state index >= 15 is 0 Å². The minimum atomic E-state index is -0.281. The van der Waals surface area contributed by atoms with Gasteiger partial charge in [0, 0.05) is 47.8 Å². The molecule has 1 atom stereocenters. The minimum absolute atomic E-state index is 0.000816. The third kappa shape index (κ3) is 4.28. The van der Waals surface area contributed by atoms with Crippen molar-refractivity contribution in [1.29, 1.82) is 0 Å². The summed E-state index contributed by atoms with van der Waals surface area (Å²) in [4.78, 5) is 32.5. The summed E-state index contributed by atoms with van der Waals surface area (Å²) in [5.41, 5.74) is 2.29. The highest BCUT2D eigenvalue weighted by Crippen LogP contribution is 2.18. The number of nitrogens with one attached hydrogen (secondary N) is 2. The summed E-state index contributed by atoms with van der Waals surface area (Å²) >= 11 is 5.88. The molecule has 1 aromatic heterocycles. The maximum Gasteiger partial charge on any atom is 0.270 e. The minimum Gasteiger partial charge on any atom is -0.351 e. The number of carbonyl (C=O) groups excluding carboxylic acids is 2. The predicted molar refractivity (Wildman–Crippen MR) is 115 cm³/mol. The van der Waals surface area contributed by atoms with E-state index in [2.05, 4.69) is 15.2 Å². The number of aromatic amines is 1. The fourth-order valence-electron chi connectivity index (χ4n) is 3.62. The first-order valence-corrected chi connectivity index (χ1v) is 10.1. The number of H-pyrrole nitrogens is 1. The molecule has 1 aliphatic heterocycles. The Bertz CT molecular complexity index is 990. The number of amides is 2. The van der Waals surface area contributed by atoms with Gasteiger partial charge in [0.15, 0.2) is 0 Å². The van der Waals surface area contributed by atoms with E-state index in [1.54, 1.807) is 24.3 Å². The Kier molecular flexibility index (Phi) is 5.56. The maximum atomic E-state index is 12.8. The smallest absolute Gasteiger partial charge is 0.270 e. The summed E-state index contributed by atoms with van der Waals surface area (Å²) in [6.45, 7) is 4.38. The molecule has 0 aliphatic carbocycles. The van der Waals surface area contributed by atoms with Crippen LogP contribution in [0.25, 0.3) is 10.9 Å². The Morgan fingerprint density at radius 1 is 1.03 bits per heavy atom. The van der Waals surface area contributed by atoms with Crippen LogP contribution < -0.4 is 5.32 Å². The van der Waals surface area contributed by atoms with Gasteiger partial charge in [0.1, 0.15) is 5.69 Å². The van der Waals surface area contributed by atoms with Crippen molar-refractivity contribution in [2.24, 2.45) is 0 Å². The molecule has 1 aliphatic rings. The summed E-state index contributed by atoms with van der Waals surface area (Å²) < 4.78 is 0. The standard InChI is InChI=1S/C22H23ClN4O2/c1-15(21(28)24-18-8-6-17(23)7-9-18)26-10-12-27(13-11-26)22(29)20-14-16-4-2-3-5-19(16)25-20/h2-9,14-15,25H,10-13H2,1H3,(H,24,28). The van der Waals surface area contributed by atoms with Crippen LogP contribution in [0, 0.1) is 0 Å².